The van der Waals surface area contributed by atoms with Gasteiger partial charge in [0.15, 0.2) is 0 Å². The molecule has 1 rings (SSSR count). The van der Waals surface area contributed by atoms with Crippen molar-refractivity contribution in [1.29, 1.82) is 0 Å². The summed E-state index contributed by atoms with van der Waals surface area (Å²) < 4.78 is 0. The Morgan fingerprint density at radius 1 is 1.21 bits per heavy atom. The van der Waals surface area contributed by atoms with E-state index in [9.17, 15) is 0 Å². The molecule has 75 valence electrons. The molecule has 0 saturated heterocycles. The predicted molar refractivity (Wildman–Crippen MR) is 49.9 cm³/mol. The summed E-state index contributed by atoms with van der Waals surface area (Å²) in [5.41, 5.74) is 0.380. The molecule has 0 nitrogen and oxygen atoms in total. The minimum absolute atomic E-state index is 0. The average Bonchev–Trinajstić information content (AvgIpc) is 2.34. The van der Waals surface area contributed by atoms with E-state index in [2.05, 4.69) is 34.1 Å². The summed E-state index contributed by atoms with van der Waals surface area (Å²) in [7, 11) is 0. The summed E-state index contributed by atoms with van der Waals surface area (Å²) in [4.78, 5) is 0. The maximum atomic E-state index is 4.26. The first-order valence-electron chi connectivity index (χ1n) is 4.68. The monoisotopic (exact) mass is 419 g/mol. The Hall–Kier alpha value is 3.31. The van der Waals surface area contributed by atoms with Crippen molar-refractivity contribution in [2.75, 3.05) is 0 Å². The molecule has 0 aromatic carbocycles. The van der Waals surface area contributed by atoms with Gasteiger partial charge in [0.1, 0.15) is 0 Å². The van der Waals surface area contributed by atoms with E-state index >= 15 is 0 Å². The quantitative estimate of drug-likeness (QED) is 0.572. The van der Waals surface area contributed by atoms with Crippen molar-refractivity contribution in [3.8, 4) is 0 Å². The van der Waals surface area contributed by atoms with Gasteiger partial charge in [-0.2, -0.15) is 18.3 Å². The molecule has 0 heterocycles. The zero-order valence-electron chi connectivity index (χ0n) is 9.79. The van der Waals surface area contributed by atoms with Crippen LogP contribution in [0.15, 0.2) is 0 Å². The van der Waals surface area contributed by atoms with Gasteiger partial charge in [0.05, 0.1) is 0 Å². The topological polar surface area (TPSA) is 0 Å². The SMILES string of the molecule is [CH2-]C(C1[CH-]CCC1)C(C)(C)C.[Y].[Y].[Y]. The van der Waals surface area contributed by atoms with Gasteiger partial charge in [-0.1, -0.05) is 39.0 Å². The van der Waals surface area contributed by atoms with E-state index in [4.69, 9.17) is 0 Å². The van der Waals surface area contributed by atoms with Crippen LogP contribution in [0.3, 0.4) is 0 Å². The van der Waals surface area contributed by atoms with Crippen LogP contribution in [0.4, 0.5) is 0 Å². The van der Waals surface area contributed by atoms with Crippen molar-refractivity contribution in [2.24, 2.45) is 17.3 Å². The van der Waals surface area contributed by atoms with E-state index in [0.717, 1.165) is 5.92 Å². The summed E-state index contributed by atoms with van der Waals surface area (Å²) in [5.74, 6) is 1.39. The third kappa shape index (κ3) is 7.60. The average molecular weight is 419 g/mol. The standard InChI is InChI=1S/C11H20.3Y/c1-9(11(2,3)4)10-7-5-6-8-10;;;/h7,9-10H,1,5-6,8H2,2-4H3;;;/q-2;;;. The Balaban J connectivity index is -0.000000403. The summed E-state index contributed by atoms with van der Waals surface area (Å²) in [5, 5.41) is 0. The third-order valence-electron chi connectivity index (χ3n) is 2.84. The first kappa shape index (κ1) is 22.5. The largest absolute Gasteiger partial charge is 0.342 e. The molecule has 1 aliphatic carbocycles. The fourth-order valence-electron chi connectivity index (χ4n) is 1.81. The second-order valence-electron chi connectivity index (χ2n) is 4.80. The molecule has 0 aromatic heterocycles. The summed E-state index contributed by atoms with van der Waals surface area (Å²) in [6, 6.07) is 0. The Bertz CT molecular complexity index is 123. The normalized spacial score (nSPS) is 22.7. The van der Waals surface area contributed by atoms with Gasteiger partial charge in [-0.15, -0.1) is 0 Å². The van der Waals surface area contributed by atoms with Crippen LogP contribution in [-0.2, 0) is 98.1 Å². The molecule has 3 radical (unpaired) electrons. The van der Waals surface area contributed by atoms with Gasteiger partial charge in [0.25, 0.3) is 0 Å². The summed E-state index contributed by atoms with van der Waals surface area (Å²) in [6.07, 6.45) is 6.52. The van der Waals surface area contributed by atoms with Crippen LogP contribution in [0, 0.1) is 30.6 Å². The van der Waals surface area contributed by atoms with E-state index < -0.39 is 0 Å². The maximum absolute atomic E-state index is 4.26. The Morgan fingerprint density at radius 3 is 2.00 bits per heavy atom. The van der Waals surface area contributed by atoms with Crippen LogP contribution in [0.1, 0.15) is 40.0 Å². The molecule has 0 amide bonds. The first-order valence-corrected chi connectivity index (χ1v) is 4.68. The maximum Gasteiger partial charge on any atom is 0 e. The molecular weight excluding hydrogens is 399 g/mol. The van der Waals surface area contributed by atoms with E-state index in [0.29, 0.717) is 11.3 Å². The molecule has 14 heavy (non-hydrogen) atoms. The Morgan fingerprint density at radius 2 is 1.71 bits per heavy atom. The van der Waals surface area contributed by atoms with Gasteiger partial charge >= 0.3 is 0 Å². The smallest absolute Gasteiger partial charge is 0 e. The van der Waals surface area contributed by atoms with Crippen LogP contribution in [-0.4, -0.2) is 0 Å². The molecule has 0 spiro atoms. The van der Waals surface area contributed by atoms with Crippen molar-refractivity contribution < 1.29 is 98.1 Å². The molecule has 2 unspecified atom stereocenters. The fourth-order valence-corrected chi connectivity index (χ4v) is 1.81. The molecule has 0 bridgehead atoms. The van der Waals surface area contributed by atoms with Crippen molar-refractivity contribution >= 4 is 0 Å². The van der Waals surface area contributed by atoms with Crippen molar-refractivity contribution in [3.63, 3.8) is 0 Å². The van der Waals surface area contributed by atoms with Gasteiger partial charge in [0.2, 0.25) is 0 Å². The molecule has 0 N–H and O–H groups in total. The Kier molecular flexibility index (Phi) is 16.5. The second kappa shape index (κ2) is 10.3. The first-order chi connectivity index (χ1) is 5.02. The van der Waals surface area contributed by atoms with Gasteiger partial charge in [0, 0.05) is 98.1 Å². The van der Waals surface area contributed by atoms with Gasteiger partial charge in [-0.05, 0) is 0 Å². The number of hydrogen-bond acceptors (Lipinski definition) is 0. The summed E-state index contributed by atoms with van der Waals surface area (Å²) >= 11 is 0. The van der Waals surface area contributed by atoms with Crippen molar-refractivity contribution in [3.05, 3.63) is 13.3 Å². The fraction of sp³-hybridized carbons (Fsp3) is 0.818. The molecule has 0 aromatic rings. The van der Waals surface area contributed by atoms with Gasteiger partial charge < -0.3 is 13.3 Å². The van der Waals surface area contributed by atoms with E-state index in [-0.39, 0.29) is 98.1 Å². The van der Waals surface area contributed by atoms with Crippen LogP contribution in [0.5, 0.6) is 0 Å². The molecule has 1 saturated carbocycles. The zero-order chi connectivity index (χ0) is 8.48. The van der Waals surface area contributed by atoms with Crippen LogP contribution >= 0.6 is 0 Å². The molecule has 1 aliphatic rings. The van der Waals surface area contributed by atoms with Crippen LogP contribution in [0.2, 0.25) is 0 Å². The van der Waals surface area contributed by atoms with E-state index in [1.807, 2.05) is 0 Å². The van der Waals surface area contributed by atoms with Crippen LogP contribution < -0.4 is 0 Å². The zero-order valence-corrected chi connectivity index (χ0v) is 18.3. The third-order valence-corrected chi connectivity index (χ3v) is 2.84. The predicted octanol–water partition coefficient (Wildman–Crippen LogP) is 3.48. The summed E-state index contributed by atoms with van der Waals surface area (Å²) in [6.45, 7) is 11.1. The minimum Gasteiger partial charge on any atom is -0.342 e. The van der Waals surface area contributed by atoms with Crippen molar-refractivity contribution in [1.82, 2.24) is 0 Å². The Labute approximate surface area is 166 Å². The minimum atomic E-state index is 0. The van der Waals surface area contributed by atoms with Gasteiger partial charge in [-0.25, -0.2) is 0 Å². The van der Waals surface area contributed by atoms with Gasteiger partial charge in [-0.3, -0.25) is 0 Å². The second-order valence-corrected chi connectivity index (χ2v) is 4.80. The molecule has 2 atom stereocenters. The number of rotatable bonds is 1. The molecule has 0 aliphatic heterocycles. The van der Waals surface area contributed by atoms with E-state index in [1.54, 1.807) is 0 Å². The van der Waals surface area contributed by atoms with Crippen LogP contribution in [0.25, 0.3) is 0 Å². The molecule has 1 fully saturated rings. The molecule has 3 heteroatoms. The number of hydrogen-bond donors (Lipinski definition) is 0. The van der Waals surface area contributed by atoms with Crippen molar-refractivity contribution in [2.45, 2.75) is 40.0 Å². The van der Waals surface area contributed by atoms with E-state index in [1.165, 1.54) is 19.3 Å². The molecular formula is C11H20Y3-2.